The molecule has 0 saturated carbocycles. The number of nitrogens with zero attached hydrogens (tertiary/aromatic N) is 1. The number of thiazole rings is 1. The predicted octanol–water partition coefficient (Wildman–Crippen LogP) is 2.68. The van der Waals surface area contributed by atoms with Crippen molar-refractivity contribution in [2.75, 3.05) is 0 Å². The van der Waals surface area contributed by atoms with Crippen LogP contribution < -0.4 is 0 Å². The highest BCUT2D eigenvalue weighted by Crippen LogP contribution is 2.08. The molecule has 0 unspecified atom stereocenters. The molecule has 1 aromatic heterocycles. The van der Waals surface area contributed by atoms with E-state index in [-0.39, 0.29) is 0 Å². The third kappa shape index (κ3) is 2.48. The van der Waals surface area contributed by atoms with Gasteiger partial charge in [0.25, 0.3) is 0 Å². The van der Waals surface area contributed by atoms with E-state index in [9.17, 15) is 0 Å². The van der Waals surface area contributed by atoms with Gasteiger partial charge in [0.2, 0.25) is 0 Å². The first-order chi connectivity index (χ1) is 4.93. The van der Waals surface area contributed by atoms with Gasteiger partial charge in [0.15, 0.2) is 0 Å². The van der Waals surface area contributed by atoms with Gasteiger partial charge in [0.1, 0.15) is 0 Å². The van der Waals surface area contributed by atoms with Gasteiger partial charge in [-0.25, -0.2) is 4.98 Å². The van der Waals surface area contributed by atoms with Crippen molar-refractivity contribution in [2.24, 2.45) is 0 Å². The van der Waals surface area contributed by atoms with E-state index in [0.717, 1.165) is 6.42 Å². The van der Waals surface area contributed by atoms with Gasteiger partial charge in [0, 0.05) is 6.20 Å². The van der Waals surface area contributed by atoms with Crippen molar-refractivity contribution in [2.45, 2.75) is 32.6 Å². The normalized spacial score (nSPS) is 10.1. The summed E-state index contributed by atoms with van der Waals surface area (Å²) in [6.45, 7) is 2.22. The van der Waals surface area contributed by atoms with Crippen LogP contribution in [0.15, 0.2) is 6.20 Å². The number of unbranched alkanes of at least 4 members (excludes halogenated alkanes) is 2. The van der Waals surface area contributed by atoms with Gasteiger partial charge in [-0.1, -0.05) is 19.8 Å². The van der Waals surface area contributed by atoms with Crippen LogP contribution in [-0.4, -0.2) is 4.98 Å². The quantitative estimate of drug-likeness (QED) is 0.608. The fourth-order valence-electron chi connectivity index (χ4n) is 0.861. The van der Waals surface area contributed by atoms with E-state index in [2.05, 4.69) is 17.3 Å². The van der Waals surface area contributed by atoms with E-state index in [1.54, 1.807) is 17.5 Å². The maximum atomic E-state index is 4.15. The number of aromatic nitrogens is 1. The van der Waals surface area contributed by atoms with Gasteiger partial charge in [-0.05, 0) is 12.8 Å². The summed E-state index contributed by atoms with van der Waals surface area (Å²) in [5.41, 5.74) is 0. The number of rotatable bonds is 4. The average molecular weight is 154 g/mol. The standard InChI is InChI=1S/C8H12NS/c1-2-3-4-5-8-9-6-7-10-8/h6H,2-5H2,1H3. The van der Waals surface area contributed by atoms with Crippen molar-refractivity contribution in [3.8, 4) is 0 Å². The highest BCUT2D eigenvalue weighted by molar-refractivity contribution is 7.09. The van der Waals surface area contributed by atoms with Gasteiger partial charge < -0.3 is 0 Å². The zero-order chi connectivity index (χ0) is 7.23. The maximum absolute atomic E-state index is 4.15. The molecule has 1 heterocycles. The topological polar surface area (TPSA) is 12.9 Å². The second-order valence-electron chi connectivity index (χ2n) is 2.33. The summed E-state index contributed by atoms with van der Waals surface area (Å²) in [4.78, 5) is 4.15. The average Bonchev–Trinajstić information content (AvgIpc) is 2.41. The van der Waals surface area contributed by atoms with Crippen LogP contribution in [0.25, 0.3) is 0 Å². The summed E-state index contributed by atoms with van der Waals surface area (Å²) < 4.78 is 0. The molecule has 0 fully saturated rings. The van der Waals surface area contributed by atoms with Crippen LogP contribution in [0.1, 0.15) is 31.2 Å². The largest absolute Gasteiger partial charge is 0.249 e. The second-order valence-corrected chi connectivity index (χ2v) is 3.24. The van der Waals surface area contributed by atoms with Gasteiger partial charge in [-0.15, -0.1) is 11.3 Å². The maximum Gasteiger partial charge on any atom is 0.0931 e. The molecule has 55 valence electrons. The molecule has 0 N–H and O–H groups in total. The lowest BCUT2D eigenvalue weighted by Crippen LogP contribution is -1.81. The molecule has 0 spiro atoms. The summed E-state index contributed by atoms with van der Waals surface area (Å²) in [6.07, 6.45) is 6.78. The van der Waals surface area contributed by atoms with Crippen molar-refractivity contribution < 1.29 is 0 Å². The Morgan fingerprint density at radius 2 is 2.50 bits per heavy atom. The van der Waals surface area contributed by atoms with E-state index >= 15 is 0 Å². The Hall–Kier alpha value is -0.370. The van der Waals surface area contributed by atoms with Crippen molar-refractivity contribution in [1.29, 1.82) is 0 Å². The fraction of sp³-hybridized carbons (Fsp3) is 0.625. The Bertz CT molecular complexity index is 158. The first kappa shape index (κ1) is 7.73. The van der Waals surface area contributed by atoms with E-state index in [4.69, 9.17) is 0 Å². The zero-order valence-corrected chi connectivity index (χ0v) is 7.08. The minimum absolute atomic E-state index is 1.14. The second kappa shape index (κ2) is 4.45. The third-order valence-corrected chi connectivity index (χ3v) is 2.20. The molecular weight excluding hydrogens is 142 g/mol. The van der Waals surface area contributed by atoms with E-state index in [1.807, 2.05) is 0 Å². The number of hydrogen-bond donors (Lipinski definition) is 0. The Labute approximate surface area is 66.1 Å². The Kier molecular flexibility index (Phi) is 3.44. The summed E-state index contributed by atoms with van der Waals surface area (Å²) in [5.74, 6) is 0. The van der Waals surface area contributed by atoms with Crippen LogP contribution in [0.4, 0.5) is 0 Å². The predicted molar refractivity (Wildman–Crippen MR) is 44.2 cm³/mol. The zero-order valence-electron chi connectivity index (χ0n) is 6.26. The molecule has 0 bridgehead atoms. The molecule has 10 heavy (non-hydrogen) atoms. The molecule has 1 aromatic rings. The van der Waals surface area contributed by atoms with Crippen LogP contribution in [0.2, 0.25) is 0 Å². The molecule has 1 rings (SSSR count). The van der Waals surface area contributed by atoms with Crippen molar-refractivity contribution in [1.82, 2.24) is 4.98 Å². The smallest absolute Gasteiger partial charge is 0.0931 e. The first-order valence-electron chi connectivity index (χ1n) is 3.74. The fourth-order valence-corrected chi connectivity index (χ4v) is 1.45. The van der Waals surface area contributed by atoms with Gasteiger partial charge in [-0.3, -0.25) is 0 Å². The van der Waals surface area contributed by atoms with Crippen LogP contribution in [0.5, 0.6) is 0 Å². The lowest BCUT2D eigenvalue weighted by molar-refractivity contribution is 0.715. The molecule has 0 aromatic carbocycles. The van der Waals surface area contributed by atoms with Gasteiger partial charge in [0.05, 0.1) is 10.4 Å². The first-order valence-corrected chi connectivity index (χ1v) is 4.56. The van der Waals surface area contributed by atoms with Crippen LogP contribution in [-0.2, 0) is 6.42 Å². The summed E-state index contributed by atoms with van der Waals surface area (Å²) in [5, 5.41) is 4.22. The lowest BCUT2D eigenvalue weighted by Gasteiger charge is -1.92. The Morgan fingerprint density at radius 1 is 1.60 bits per heavy atom. The minimum Gasteiger partial charge on any atom is -0.249 e. The number of aryl methyl sites for hydroxylation is 1. The molecule has 0 aliphatic carbocycles. The highest BCUT2D eigenvalue weighted by atomic mass is 32.1. The van der Waals surface area contributed by atoms with E-state index in [1.165, 1.54) is 24.3 Å². The molecule has 0 atom stereocenters. The molecular formula is C8H12NS. The monoisotopic (exact) mass is 154 g/mol. The Morgan fingerprint density at radius 3 is 3.10 bits per heavy atom. The molecule has 1 radical (unpaired) electrons. The Balaban J connectivity index is 2.15. The van der Waals surface area contributed by atoms with Crippen LogP contribution >= 0.6 is 11.3 Å². The number of hydrogen-bond acceptors (Lipinski definition) is 2. The molecule has 2 heteroatoms. The molecule has 0 amide bonds. The molecule has 1 nitrogen and oxygen atoms in total. The highest BCUT2D eigenvalue weighted by Gasteiger charge is 1.93. The molecule has 0 saturated heterocycles. The van der Waals surface area contributed by atoms with Crippen molar-refractivity contribution in [3.05, 3.63) is 16.6 Å². The van der Waals surface area contributed by atoms with Gasteiger partial charge >= 0.3 is 0 Å². The lowest BCUT2D eigenvalue weighted by atomic mass is 10.2. The third-order valence-electron chi connectivity index (χ3n) is 1.43. The van der Waals surface area contributed by atoms with Gasteiger partial charge in [-0.2, -0.15) is 0 Å². The summed E-state index contributed by atoms with van der Waals surface area (Å²) in [6, 6.07) is 0. The molecule has 0 aliphatic rings. The van der Waals surface area contributed by atoms with E-state index in [0.29, 0.717) is 0 Å². The van der Waals surface area contributed by atoms with Crippen molar-refractivity contribution >= 4 is 11.3 Å². The van der Waals surface area contributed by atoms with Crippen LogP contribution in [0.3, 0.4) is 0 Å². The van der Waals surface area contributed by atoms with E-state index < -0.39 is 0 Å². The van der Waals surface area contributed by atoms with Crippen molar-refractivity contribution in [3.63, 3.8) is 0 Å². The van der Waals surface area contributed by atoms with Crippen LogP contribution in [0, 0.1) is 5.38 Å². The molecule has 0 aliphatic heterocycles. The SMILES string of the molecule is CCCCCc1nc[c]s1. The summed E-state index contributed by atoms with van der Waals surface area (Å²) >= 11 is 1.64. The summed E-state index contributed by atoms with van der Waals surface area (Å²) in [7, 11) is 0. The minimum atomic E-state index is 1.14.